The molecule has 27 heavy (non-hydrogen) atoms. The molecule has 2 atom stereocenters. The van der Waals surface area contributed by atoms with Gasteiger partial charge in [-0.1, -0.05) is 30.7 Å². The second-order valence-electron chi connectivity index (χ2n) is 5.51. The topological polar surface area (TPSA) is 81.7 Å². The molecule has 1 amide bonds. The van der Waals surface area contributed by atoms with Gasteiger partial charge in [0.15, 0.2) is 6.10 Å². The second kappa shape index (κ2) is 9.53. The van der Waals surface area contributed by atoms with Crippen LogP contribution < -0.4 is 10.1 Å². The molecule has 0 heterocycles. The lowest BCUT2D eigenvalue weighted by Crippen LogP contribution is -2.30. The number of halogens is 1. The molecule has 8 heteroatoms. The fraction of sp³-hybridized carbons (Fsp3) is 0.263. The Bertz CT molecular complexity index is 871. The van der Waals surface area contributed by atoms with Crippen LogP contribution in [0.15, 0.2) is 47.4 Å². The maximum absolute atomic E-state index is 12.4. The van der Waals surface area contributed by atoms with E-state index < -0.39 is 28.8 Å². The SMILES string of the molecule is CC[S@](=O)c1ccccc1C(=O)O[C@@H](C)C(=O)Nc1cc(Cl)ccc1OC. The van der Waals surface area contributed by atoms with Crippen LogP contribution >= 0.6 is 11.6 Å². The van der Waals surface area contributed by atoms with Gasteiger partial charge in [0.1, 0.15) is 5.75 Å². The summed E-state index contributed by atoms with van der Waals surface area (Å²) in [7, 11) is 0.146. The van der Waals surface area contributed by atoms with Crippen LogP contribution in [0.1, 0.15) is 24.2 Å². The molecular formula is C19H20ClNO5S. The van der Waals surface area contributed by atoms with Crippen LogP contribution in [0.5, 0.6) is 5.75 Å². The first-order valence-electron chi connectivity index (χ1n) is 8.20. The van der Waals surface area contributed by atoms with Gasteiger partial charge in [-0.3, -0.25) is 9.00 Å². The number of nitrogens with one attached hydrogen (secondary N) is 1. The van der Waals surface area contributed by atoms with Crippen molar-refractivity contribution in [3.63, 3.8) is 0 Å². The van der Waals surface area contributed by atoms with E-state index >= 15 is 0 Å². The Morgan fingerprint density at radius 3 is 2.59 bits per heavy atom. The molecular weight excluding hydrogens is 390 g/mol. The van der Waals surface area contributed by atoms with Crippen molar-refractivity contribution in [2.24, 2.45) is 0 Å². The number of rotatable bonds is 7. The predicted octanol–water partition coefficient (Wildman–Crippen LogP) is 3.66. The van der Waals surface area contributed by atoms with Gasteiger partial charge in [0.25, 0.3) is 5.91 Å². The van der Waals surface area contributed by atoms with Gasteiger partial charge >= 0.3 is 5.97 Å². The van der Waals surface area contributed by atoms with Crippen LogP contribution in [0.25, 0.3) is 0 Å². The molecule has 0 bridgehead atoms. The number of benzene rings is 2. The molecule has 0 spiro atoms. The summed E-state index contributed by atoms with van der Waals surface area (Å²) in [5.74, 6) is -0.462. The fourth-order valence-corrected chi connectivity index (χ4v) is 3.39. The van der Waals surface area contributed by atoms with Crippen molar-refractivity contribution in [2.75, 3.05) is 18.2 Å². The quantitative estimate of drug-likeness (QED) is 0.706. The summed E-state index contributed by atoms with van der Waals surface area (Å²) in [6.07, 6.45) is -1.08. The third-order valence-electron chi connectivity index (χ3n) is 3.69. The zero-order valence-electron chi connectivity index (χ0n) is 15.2. The minimum Gasteiger partial charge on any atom is -0.495 e. The zero-order valence-corrected chi connectivity index (χ0v) is 16.7. The number of carbonyl (C=O) groups excluding carboxylic acids is 2. The highest BCUT2D eigenvalue weighted by atomic mass is 35.5. The van der Waals surface area contributed by atoms with Gasteiger partial charge in [0, 0.05) is 10.8 Å². The molecule has 2 aromatic carbocycles. The van der Waals surface area contributed by atoms with Gasteiger partial charge in [-0.25, -0.2) is 4.79 Å². The van der Waals surface area contributed by atoms with Crippen molar-refractivity contribution in [3.05, 3.63) is 53.1 Å². The van der Waals surface area contributed by atoms with E-state index in [0.717, 1.165) is 0 Å². The number of carbonyl (C=O) groups is 2. The third kappa shape index (κ3) is 5.30. The van der Waals surface area contributed by atoms with E-state index in [1.54, 1.807) is 37.3 Å². The van der Waals surface area contributed by atoms with E-state index in [0.29, 0.717) is 27.1 Å². The number of anilines is 1. The summed E-state index contributed by atoms with van der Waals surface area (Å²) in [5.41, 5.74) is 0.544. The Morgan fingerprint density at radius 2 is 1.93 bits per heavy atom. The number of esters is 1. The molecule has 0 aliphatic carbocycles. The predicted molar refractivity (Wildman–Crippen MR) is 105 cm³/mol. The summed E-state index contributed by atoms with van der Waals surface area (Å²) in [6, 6.07) is 11.3. The Labute approximate surface area is 165 Å². The average Bonchev–Trinajstić information content (AvgIpc) is 2.67. The Balaban J connectivity index is 2.12. The Hall–Kier alpha value is -2.38. The first-order chi connectivity index (χ1) is 12.9. The van der Waals surface area contributed by atoms with Crippen LogP contribution in [-0.2, 0) is 20.3 Å². The molecule has 0 fully saturated rings. The van der Waals surface area contributed by atoms with Gasteiger partial charge < -0.3 is 14.8 Å². The number of ether oxygens (including phenoxy) is 2. The molecule has 6 nitrogen and oxygen atoms in total. The van der Waals surface area contributed by atoms with Crippen molar-refractivity contribution >= 4 is 40.0 Å². The summed E-state index contributed by atoms with van der Waals surface area (Å²) in [6.45, 7) is 3.20. The molecule has 1 N–H and O–H groups in total. The van der Waals surface area contributed by atoms with Gasteiger partial charge in [-0.15, -0.1) is 0 Å². The Morgan fingerprint density at radius 1 is 1.22 bits per heavy atom. The van der Waals surface area contributed by atoms with Crippen LogP contribution in [-0.4, -0.2) is 35.1 Å². The highest BCUT2D eigenvalue weighted by molar-refractivity contribution is 7.85. The smallest absolute Gasteiger partial charge is 0.340 e. The molecule has 0 radical (unpaired) electrons. The van der Waals surface area contributed by atoms with Crippen LogP contribution in [0.2, 0.25) is 5.02 Å². The number of hydrogen-bond acceptors (Lipinski definition) is 5. The average molecular weight is 410 g/mol. The van der Waals surface area contributed by atoms with Gasteiger partial charge in [-0.2, -0.15) is 0 Å². The second-order valence-corrected chi connectivity index (χ2v) is 7.66. The molecule has 0 saturated carbocycles. The zero-order chi connectivity index (χ0) is 20.0. The Kier molecular flexibility index (Phi) is 7.38. The highest BCUT2D eigenvalue weighted by Crippen LogP contribution is 2.28. The number of hydrogen-bond donors (Lipinski definition) is 1. The summed E-state index contributed by atoms with van der Waals surface area (Å²) in [4.78, 5) is 25.2. The first-order valence-corrected chi connectivity index (χ1v) is 9.89. The van der Waals surface area contributed by atoms with Crippen LogP contribution in [0, 0.1) is 0 Å². The maximum Gasteiger partial charge on any atom is 0.340 e. The minimum atomic E-state index is -1.32. The first kappa shape index (κ1) is 20.9. The molecule has 2 rings (SSSR count). The molecule has 0 aliphatic heterocycles. The lowest BCUT2D eigenvalue weighted by molar-refractivity contribution is -0.123. The lowest BCUT2D eigenvalue weighted by atomic mass is 10.2. The van der Waals surface area contributed by atoms with Crippen LogP contribution in [0.4, 0.5) is 5.69 Å². The standard InChI is InChI=1S/C19H20ClNO5S/c1-4-27(24)17-8-6-5-7-14(17)19(23)26-12(2)18(22)21-15-11-13(20)9-10-16(15)25-3/h5-12H,4H2,1-3H3,(H,21,22)/t12-,27-/m0/s1. The molecule has 2 aromatic rings. The van der Waals surface area contributed by atoms with Crippen molar-refractivity contribution < 1.29 is 23.3 Å². The molecule has 0 aromatic heterocycles. The van der Waals surface area contributed by atoms with Crippen molar-refractivity contribution in [2.45, 2.75) is 24.8 Å². The summed E-state index contributed by atoms with van der Waals surface area (Å²) >= 11 is 5.94. The monoisotopic (exact) mass is 409 g/mol. The van der Waals surface area contributed by atoms with E-state index in [1.807, 2.05) is 0 Å². The van der Waals surface area contributed by atoms with E-state index in [4.69, 9.17) is 21.1 Å². The van der Waals surface area contributed by atoms with Gasteiger partial charge in [-0.05, 0) is 37.3 Å². The van der Waals surface area contributed by atoms with Crippen molar-refractivity contribution in [1.29, 1.82) is 0 Å². The van der Waals surface area contributed by atoms with E-state index in [2.05, 4.69) is 5.32 Å². The summed E-state index contributed by atoms with van der Waals surface area (Å²) < 4.78 is 22.5. The van der Waals surface area contributed by atoms with Gasteiger partial charge in [0.05, 0.1) is 34.1 Å². The van der Waals surface area contributed by atoms with Gasteiger partial charge in [0.2, 0.25) is 0 Å². The van der Waals surface area contributed by atoms with E-state index in [-0.39, 0.29) is 5.56 Å². The van der Waals surface area contributed by atoms with E-state index in [1.165, 1.54) is 26.2 Å². The van der Waals surface area contributed by atoms with Crippen molar-refractivity contribution in [1.82, 2.24) is 0 Å². The van der Waals surface area contributed by atoms with E-state index in [9.17, 15) is 13.8 Å². The highest BCUT2D eigenvalue weighted by Gasteiger charge is 2.23. The van der Waals surface area contributed by atoms with Crippen LogP contribution in [0.3, 0.4) is 0 Å². The maximum atomic E-state index is 12.4. The summed E-state index contributed by atoms with van der Waals surface area (Å²) in [5, 5.41) is 3.04. The molecule has 0 saturated heterocycles. The largest absolute Gasteiger partial charge is 0.495 e. The van der Waals surface area contributed by atoms with Crippen molar-refractivity contribution in [3.8, 4) is 5.75 Å². The molecule has 0 aliphatic rings. The fourth-order valence-electron chi connectivity index (χ4n) is 2.28. The normalized spacial score (nSPS) is 12.7. The number of methoxy groups -OCH3 is 1. The lowest BCUT2D eigenvalue weighted by Gasteiger charge is -2.16. The minimum absolute atomic E-state index is 0.178. The molecule has 144 valence electrons. The number of amides is 1. The molecule has 0 unspecified atom stereocenters. The third-order valence-corrected chi connectivity index (χ3v) is 5.29.